The van der Waals surface area contributed by atoms with Crippen LogP contribution in [0.5, 0.6) is 0 Å². The maximum atomic E-state index is 12.4. The van der Waals surface area contributed by atoms with Gasteiger partial charge in [-0.1, -0.05) is 36.4 Å². The zero-order valence-corrected chi connectivity index (χ0v) is 10.7. The summed E-state index contributed by atoms with van der Waals surface area (Å²) >= 11 is 0. The minimum atomic E-state index is -0.198. The third kappa shape index (κ3) is 2.72. The van der Waals surface area contributed by atoms with E-state index in [1.54, 1.807) is 48.5 Å². The van der Waals surface area contributed by atoms with E-state index < -0.39 is 0 Å². The molecule has 0 aromatic heterocycles. The van der Waals surface area contributed by atoms with Crippen LogP contribution in [0.3, 0.4) is 0 Å². The number of carbonyl (C=O) groups excluding carboxylic acids is 1. The van der Waals surface area contributed by atoms with Gasteiger partial charge in [0, 0.05) is 22.3 Å². The second kappa shape index (κ2) is 5.36. The maximum absolute atomic E-state index is 12.4. The van der Waals surface area contributed by atoms with Crippen molar-refractivity contribution in [3.63, 3.8) is 0 Å². The maximum Gasteiger partial charge on any atom is 0.193 e. The van der Waals surface area contributed by atoms with E-state index in [0.717, 1.165) is 0 Å². The predicted octanol–water partition coefficient (Wildman–Crippen LogP) is 1.49. The highest BCUT2D eigenvalue weighted by atomic mass is 16.1. The first-order valence-electron chi connectivity index (χ1n) is 5.92. The molecule has 0 spiro atoms. The molecule has 2 rings (SSSR count). The van der Waals surface area contributed by atoms with Crippen LogP contribution in [0.25, 0.3) is 0 Å². The van der Waals surface area contributed by atoms with Gasteiger partial charge in [0.2, 0.25) is 0 Å². The second-order valence-electron chi connectivity index (χ2n) is 4.32. The zero-order chi connectivity index (χ0) is 14.7. The number of nitrogens with two attached hydrogens (primary N) is 2. The van der Waals surface area contributed by atoms with Gasteiger partial charge in [-0.3, -0.25) is 15.6 Å². The molecule has 20 heavy (non-hydrogen) atoms. The molecule has 0 saturated heterocycles. The van der Waals surface area contributed by atoms with Gasteiger partial charge in [0.1, 0.15) is 11.7 Å². The molecular weight excluding hydrogens is 252 g/mol. The molecule has 0 amide bonds. The lowest BCUT2D eigenvalue weighted by molar-refractivity contribution is 0.103. The van der Waals surface area contributed by atoms with Crippen LogP contribution in [-0.4, -0.2) is 17.5 Å². The van der Waals surface area contributed by atoms with Crippen LogP contribution >= 0.6 is 0 Å². The molecule has 0 fully saturated rings. The number of hydrogen-bond donors (Lipinski definition) is 4. The van der Waals surface area contributed by atoms with Crippen molar-refractivity contribution >= 4 is 17.5 Å². The molecule has 0 unspecified atom stereocenters. The van der Waals surface area contributed by atoms with E-state index >= 15 is 0 Å². The van der Waals surface area contributed by atoms with Crippen LogP contribution in [0.15, 0.2) is 48.5 Å². The Morgan fingerprint density at radius 2 is 1.10 bits per heavy atom. The molecular formula is C15H14N4O. The van der Waals surface area contributed by atoms with Crippen LogP contribution in [0.2, 0.25) is 0 Å². The third-order valence-electron chi connectivity index (χ3n) is 2.87. The van der Waals surface area contributed by atoms with Gasteiger partial charge in [-0.2, -0.15) is 0 Å². The van der Waals surface area contributed by atoms with Crippen molar-refractivity contribution in [3.05, 3.63) is 70.8 Å². The van der Waals surface area contributed by atoms with Crippen molar-refractivity contribution in [2.45, 2.75) is 0 Å². The number of amidine groups is 2. The average Bonchev–Trinajstić information content (AvgIpc) is 2.46. The van der Waals surface area contributed by atoms with Gasteiger partial charge in [0.05, 0.1) is 0 Å². The summed E-state index contributed by atoms with van der Waals surface area (Å²) in [7, 11) is 0. The first-order valence-corrected chi connectivity index (χ1v) is 5.92. The molecule has 0 aliphatic carbocycles. The Morgan fingerprint density at radius 3 is 1.45 bits per heavy atom. The molecule has 100 valence electrons. The van der Waals surface area contributed by atoms with Crippen molar-refractivity contribution in [2.75, 3.05) is 0 Å². The number of rotatable bonds is 4. The van der Waals surface area contributed by atoms with E-state index in [0.29, 0.717) is 22.3 Å². The summed E-state index contributed by atoms with van der Waals surface area (Å²) in [4.78, 5) is 12.4. The van der Waals surface area contributed by atoms with Gasteiger partial charge in [0.25, 0.3) is 0 Å². The molecule has 0 saturated carbocycles. The lowest BCUT2D eigenvalue weighted by atomic mass is 9.99. The molecule has 0 radical (unpaired) electrons. The highest BCUT2D eigenvalue weighted by molar-refractivity contribution is 6.11. The summed E-state index contributed by atoms with van der Waals surface area (Å²) in [6, 6.07) is 13.2. The number of nitrogens with one attached hydrogen (secondary N) is 2. The Labute approximate surface area is 116 Å². The van der Waals surface area contributed by atoms with Crippen LogP contribution in [0, 0.1) is 10.8 Å². The minimum Gasteiger partial charge on any atom is -0.384 e. The van der Waals surface area contributed by atoms with Gasteiger partial charge in [-0.15, -0.1) is 0 Å². The van der Waals surface area contributed by atoms with Crippen molar-refractivity contribution in [1.82, 2.24) is 0 Å². The van der Waals surface area contributed by atoms with Gasteiger partial charge < -0.3 is 11.5 Å². The normalized spacial score (nSPS) is 10.0. The van der Waals surface area contributed by atoms with Crippen LogP contribution in [0.1, 0.15) is 27.0 Å². The molecule has 5 heteroatoms. The standard InChI is InChI=1S/C15H14N4O/c16-14(17)11-5-1-3-9(7-11)13(20)10-4-2-6-12(8-10)15(18)19/h1-8H,(H3,16,17)(H3,18,19). The van der Waals surface area contributed by atoms with Gasteiger partial charge in [0.15, 0.2) is 5.78 Å². The quantitative estimate of drug-likeness (QED) is 0.381. The molecule has 0 bridgehead atoms. The van der Waals surface area contributed by atoms with Gasteiger partial charge >= 0.3 is 0 Å². The van der Waals surface area contributed by atoms with E-state index in [2.05, 4.69) is 0 Å². The molecule has 2 aromatic rings. The minimum absolute atomic E-state index is 0.0860. The summed E-state index contributed by atoms with van der Waals surface area (Å²) in [5.74, 6) is -0.370. The van der Waals surface area contributed by atoms with Crippen LogP contribution < -0.4 is 11.5 Å². The summed E-state index contributed by atoms with van der Waals surface area (Å²) in [6.45, 7) is 0. The fraction of sp³-hybridized carbons (Fsp3) is 0. The predicted molar refractivity (Wildman–Crippen MR) is 78.3 cm³/mol. The molecule has 2 aromatic carbocycles. The Bertz CT molecular complexity index is 647. The monoisotopic (exact) mass is 266 g/mol. The van der Waals surface area contributed by atoms with Crippen LogP contribution in [0.4, 0.5) is 0 Å². The van der Waals surface area contributed by atoms with E-state index in [4.69, 9.17) is 22.3 Å². The third-order valence-corrected chi connectivity index (χ3v) is 2.87. The fourth-order valence-corrected chi connectivity index (χ4v) is 1.82. The number of nitrogen functional groups attached to an aromatic ring is 2. The highest BCUT2D eigenvalue weighted by Crippen LogP contribution is 2.13. The number of benzene rings is 2. The topological polar surface area (TPSA) is 117 Å². The smallest absolute Gasteiger partial charge is 0.193 e. The zero-order valence-electron chi connectivity index (χ0n) is 10.7. The van der Waals surface area contributed by atoms with Crippen LogP contribution in [-0.2, 0) is 0 Å². The van der Waals surface area contributed by atoms with E-state index in [1.165, 1.54) is 0 Å². The molecule has 5 nitrogen and oxygen atoms in total. The van der Waals surface area contributed by atoms with Crippen molar-refractivity contribution in [1.29, 1.82) is 10.8 Å². The lowest BCUT2D eigenvalue weighted by Gasteiger charge is -2.05. The molecule has 0 heterocycles. The van der Waals surface area contributed by atoms with Crippen molar-refractivity contribution < 1.29 is 4.79 Å². The molecule has 0 atom stereocenters. The number of ketones is 1. The van der Waals surface area contributed by atoms with Crippen molar-refractivity contribution in [2.24, 2.45) is 11.5 Å². The van der Waals surface area contributed by atoms with Gasteiger partial charge in [-0.05, 0) is 12.1 Å². The average molecular weight is 266 g/mol. The Balaban J connectivity index is 2.41. The highest BCUT2D eigenvalue weighted by Gasteiger charge is 2.11. The Hall–Kier alpha value is -2.95. The Kier molecular flexibility index (Phi) is 3.61. The first kappa shape index (κ1) is 13.5. The fourth-order valence-electron chi connectivity index (χ4n) is 1.82. The van der Waals surface area contributed by atoms with E-state index in [-0.39, 0.29) is 17.5 Å². The summed E-state index contributed by atoms with van der Waals surface area (Å²) in [5.41, 5.74) is 12.7. The summed E-state index contributed by atoms with van der Waals surface area (Å²) < 4.78 is 0. The molecule has 6 N–H and O–H groups in total. The molecule has 0 aliphatic heterocycles. The SMILES string of the molecule is N=C(N)c1cccc(C(=O)c2cccc(C(=N)N)c2)c1. The summed E-state index contributed by atoms with van der Waals surface area (Å²) in [5, 5.41) is 14.8. The van der Waals surface area contributed by atoms with Gasteiger partial charge in [-0.25, -0.2) is 0 Å². The number of hydrogen-bond acceptors (Lipinski definition) is 3. The number of carbonyl (C=O) groups is 1. The van der Waals surface area contributed by atoms with E-state index in [1.807, 2.05) is 0 Å². The van der Waals surface area contributed by atoms with Crippen molar-refractivity contribution in [3.8, 4) is 0 Å². The summed E-state index contributed by atoms with van der Waals surface area (Å²) in [6.07, 6.45) is 0. The molecule has 0 aliphatic rings. The lowest BCUT2D eigenvalue weighted by Crippen LogP contribution is -2.13. The van der Waals surface area contributed by atoms with E-state index in [9.17, 15) is 4.79 Å². The largest absolute Gasteiger partial charge is 0.384 e. The Morgan fingerprint density at radius 1 is 0.750 bits per heavy atom. The second-order valence-corrected chi connectivity index (χ2v) is 4.32. The first-order chi connectivity index (χ1) is 9.49.